The first kappa shape index (κ1) is 90.5. The van der Waals surface area contributed by atoms with Gasteiger partial charge in [0.2, 0.25) is 0 Å². The minimum atomic E-state index is 0.558. The molecule has 18 aliphatic rings. The van der Waals surface area contributed by atoms with Crippen LogP contribution in [0.1, 0.15) is 412 Å². The monoisotopic (exact) mass is 1390 g/mol. The molecular formula is C102H168. The average Bonchev–Trinajstić information content (AvgIpc) is 1.62. The first-order chi connectivity index (χ1) is 50.6. The van der Waals surface area contributed by atoms with E-state index in [4.69, 9.17) is 0 Å². The summed E-state index contributed by atoms with van der Waals surface area (Å²) < 4.78 is 0. The van der Waals surface area contributed by atoms with E-state index in [9.17, 15) is 0 Å². The fraction of sp³-hybridized carbons (Fsp3) is 0.706. The molecule has 18 aliphatic carbocycles. The highest BCUT2D eigenvalue weighted by Crippen LogP contribution is 2.47. The molecule has 0 N–H and O–H groups in total. The maximum Gasteiger partial charge on any atom is 0.00733 e. The summed E-state index contributed by atoms with van der Waals surface area (Å²) in [5.41, 5.74) is 12.0. The van der Waals surface area contributed by atoms with Gasteiger partial charge in [0.1, 0.15) is 0 Å². The van der Waals surface area contributed by atoms with Gasteiger partial charge in [0.05, 0.1) is 0 Å². The molecule has 11 saturated carbocycles. The van der Waals surface area contributed by atoms with Crippen molar-refractivity contribution in [3.8, 4) is 11.1 Å². The lowest BCUT2D eigenvalue weighted by molar-refractivity contribution is 0.116. The summed E-state index contributed by atoms with van der Waals surface area (Å²) in [5, 5.41) is 0. The van der Waals surface area contributed by atoms with Crippen LogP contribution in [0.2, 0.25) is 0 Å². The standard InChI is InChI=1S/C14H12.C11H20.C11H18.C10H18.C10H12.C9H10.2C7H12.C6H10.C5H8.6C2H6/c1-10-11-6-2-4-8-13(11)14-9-5-3-7-12(10)14;2*1-4-10-6-2-7-11(5-1)9-3-8-10;2*1-2-6-10-8-4-3-7-9(10)5-1;1-2-5-9-7-3-6-8(9)4-1;1-2-7-4-3-6(1)5-7;1-2-6-4-7(3-1)5-6;1-2-4-6-5-3-1;1-2-4-5-3-1;6*1-2/h2-10H,1H3;10-11H,1-9H2;1,4,10-11H,2-3,5-9H2;9-10H,1-8H2;1-2,5-6H,3-4,7-8H2;1-2,4-5H,3,6-7H2;2*6-7H,1-5H2;1-2H,3-6H2;1-2H,3-5H2;6*1-2H3. The van der Waals surface area contributed by atoms with Crippen molar-refractivity contribution in [1.29, 1.82) is 0 Å². The van der Waals surface area contributed by atoms with Crippen LogP contribution in [0.15, 0.2) is 134 Å². The van der Waals surface area contributed by atoms with E-state index < -0.39 is 0 Å². The lowest BCUT2D eigenvalue weighted by Crippen LogP contribution is -2.28. The first-order valence-corrected chi connectivity index (χ1v) is 45.9. The van der Waals surface area contributed by atoms with Crippen LogP contribution < -0.4 is 0 Å². The van der Waals surface area contributed by atoms with Gasteiger partial charge in [-0.25, -0.2) is 0 Å². The Morgan fingerprint density at radius 2 is 0.539 bits per heavy atom. The summed E-state index contributed by atoms with van der Waals surface area (Å²) in [6.07, 6.45) is 84.9. The Morgan fingerprint density at radius 1 is 0.235 bits per heavy atom. The van der Waals surface area contributed by atoms with Gasteiger partial charge in [0.15, 0.2) is 0 Å². The molecule has 0 unspecified atom stereocenters. The van der Waals surface area contributed by atoms with E-state index in [-0.39, 0.29) is 0 Å². The second kappa shape index (κ2) is 59.2. The second-order valence-corrected chi connectivity index (χ2v) is 31.7. The normalized spacial score (nSPS) is 26.4. The third kappa shape index (κ3) is 34.8. The maximum absolute atomic E-state index is 2.48. The molecular weight excluding hydrogens is 1230 g/mol. The number of hydrogen-bond acceptors (Lipinski definition) is 0. The van der Waals surface area contributed by atoms with Crippen LogP contribution in [-0.4, -0.2) is 0 Å². The van der Waals surface area contributed by atoms with Crippen LogP contribution >= 0.6 is 0 Å². The predicted octanol–water partition coefficient (Wildman–Crippen LogP) is 33.6. The van der Waals surface area contributed by atoms with E-state index in [1.807, 2.05) is 83.1 Å². The van der Waals surface area contributed by atoms with E-state index in [2.05, 4.69) is 140 Å². The van der Waals surface area contributed by atoms with Crippen molar-refractivity contribution >= 4 is 0 Å². The van der Waals surface area contributed by atoms with E-state index in [0.29, 0.717) is 5.92 Å². The fourth-order valence-corrected chi connectivity index (χ4v) is 19.5. The van der Waals surface area contributed by atoms with Crippen LogP contribution in [0, 0.1) is 59.2 Å². The molecule has 4 aromatic rings. The number of allylic oxidation sites excluding steroid dienone is 6. The topological polar surface area (TPSA) is 0 Å². The first-order valence-electron chi connectivity index (χ1n) is 45.9. The largest absolute Gasteiger partial charge is 0.0885 e. The minimum Gasteiger partial charge on any atom is -0.0885 e. The zero-order valence-corrected chi connectivity index (χ0v) is 70.0. The molecule has 0 radical (unpaired) electrons. The van der Waals surface area contributed by atoms with Crippen molar-refractivity contribution < 1.29 is 0 Å². The maximum atomic E-state index is 2.48. The molecule has 0 amide bonds. The summed E-state index contributed by atoms with van der Waals surface area (Å²) >= 11 is 0. The number of aryl methyl sites for hydroxylation is 4. The van der Waals surface area contributed by atoms with E-state index >= 15 is 0 Å². The molecule has 0 aliphatic heterocycles. The van der Waals surface area contributed by atoms with Gasteiger partial charge in [0.25, 0.3) is 0 Å². The molecule has 8 bridgehead atoms. The van der Waals surface area contributed by atoms with Crippen LogP contribution in [0.25, 0.3) is 11.1 Å². The summed E-state index contributed by atoms with van der Waals surface area (Å²) in [6.45, 7) is 26.3. The summed E-state index contributed by atoms with van der Waals surface area (Å²) in [7, 11) is 0. The quantitative estimate of drug-likeness (QED) is 0.154. The number of rotatable bonds is 0. The van der Waals surface area contributed by atoms with Gasteiger partial charge in [-0.1, -0.05) is 403 Å². The minimum absolute atomic E-state index is 0.558. The molecule has 11 fully saturated rings. The molecule has 0 aromatic heterocycles. The van der Waals surface area contributed by atoms with Crippen molar-refractivity contribution in [3.05, 3.63) is 167 Å². The van der Waals surface area contributed by atoms with Gasteiger partial charge in [0, 0.05) is 5.92 Å². The van der Waals surface area contributed by atoms with Gasteiger partial charge >= 0.3 is 0 Å². The van der Waals surface area contributed by atoms with Crippen LogP contribution in [-0.2, 0) is 25.7 Å². The molecule has 102 heavy (non-hydrogen) atoms. The van der Waals surface area contributed by atoms with Crippen molar-refractivity contribution in [3.63, 3.8) is 0 Å². The summed E-state index contributed by atoms with van der Waals surface area (Å²) in [6, 6.07) is 34.9. The molecule has 0 nitrogen and oxygen atoms in total. The molecule has 22 rings (SSSR count). The Kier molecular flexibility index (Phi) is 52.5. The molecule has 0 saturated heterocycles. The van der Waals surface area contributed by atoms with Crippen LogP contribution in [0.3, 0.4) is 0 Å². The van der Waals surface area contributed by atoms with Crippen LogP contribution in [0.4, 0.5) is 0 Å². The molecule has 0 heteroatoms. The van der Waals surface area contributed by atoms with Crippen molar-refractivity contribution in [2.45, 2.75) is 404 Å². The van der Waals surface area contributed by atoms with E-state index in [1.165, 1.54) is 232 Å². The fourth-order valence-electron chi connectivity index (χ4n) is 19.5. The molecule has 576 valence electrons. The summed E-state index contributed by atoms with van der Waals surface area (Å²) in [5.74, 6) is 11.8. The Hall–Kier alpha value is -3.90. The Balaban J connectivity index is 0.000000238. The Bertz CT molecular complexity index is 2460. The van der Waals surface area contributed by atoms with Crippen LogP contribution in [0.5, 0.6) is 0 Å². The lowest BCUT2D eigenvalue weighted by atomic mass is 9.65. The number of hydrogen-bond donors (Lipinski definition) is 0. The van der Waals surface area contributed by atoms with E-state index in [0.717, 1.165) is 35.5 Å². The van der Waals surface area contributed by atoms with Gasteiger partial charge in [-0.3, -0.25) is 0 Å². The highest BCUT2D eigenvalue weighted by molar-refractivity contribution is 5.78. The molecule has 0 heterocycles. The zero-order chi connectivity index (χ0) is 73.5. The average molecular weight is 1390 g/mol. The number of fused-ring (bicyclic) bond motifs is 21. The predicted molar refractivity (Wildman–Crippen MR) is 461 cm³/mol. The van der Waals surface area contributed by atoms with Gasteiger partial charge < -0.3 is 0 Å². The van der Waals surface area contributed by atoms with Crippen molar-refractivity contribution in [2.75, 3.05) is 0 Å². The Labute approximate surface area is 637 Å². The number of benzene rings is 4. The second-order valence-electron chi connectivity index (χ2n) is 31.7. The highest BCUT2D eigenvalue weighted by Gasteiger charge is 2.33. The van der Waals surface area contributed by atoms with Gasteiger partial charge in [-0.15, -0.1) is 0 Å². The molecule has 0 atom stereocenters. The van der Waals surface area contributed by atoms with Crippen molar-refractivity contribution in [1.82, 2.24) is 0 Å². The summed E-state index contributed by atoms with van der Waals surface area (Å²) in [4.78, 5) is 0. The van der Waals surface area contributed by atoms with Gasteiger partial charge in [-0.2, -0.15) is 0 Å². The molecule has 4 aromatic carbocycles. The highest BCUT2D eigenvalue weighted by atomic mass is 14.4. The lowest BCUT2D eigenvalue weighted by Gasteiger charge is -2.40. The van der Waals surface area contributed by atoms with Crippen molar-refractivity contribution in [2.24, 2.45) is 59.2 Å². The zero-order valence-electron chi connectivity index (χ0n) is 70.0. The van der Waals surface area contributed by atoms with Gasteiger partial charge in [-0.05, 0) is 232 Å². The smallest absolute Gasteiger partial charge is 0.00733 e. The van der Waals surface area contributed by atoms with E-state index in [1.54, 1.807) is 144 Å². The molecule has 0 spiro atoms. The third-order valence-electron chi connectivity index (χ3n) is 25.1. The Morgan fingerprint density at radius 3 is 0.853 bits per heavy atom. The third-order valence-corrected chi connectivity index (χ3v) is 25.1. The SMILES string of the molecule is C1=CC2CCCC(C1)CCC2.C1=CCCC1.C1=CCCCC1.C1CC2CC(C1)C2.C1CC2CCC1C2.C1CC2CCCC(C1)CCC2.C1CCC2CCCCC2C1.CC.CC.CC.CC.CC.CC.CC1c2ccccc2-c2ccccc21.c1ccc2c(c1)CCC2.c1ccc2c(c1)CCCC2.